The van der Waals surface area contributed by atoms with Crippen molar-refractivity contribution in [2.75, 3.05) is 0 Å². The highest BCUT2D eigenvalue weighted by Crippen LogP contribution is 2.33. The maximum atomic E-state index is 11.6. The average molecular weight is 479 g/mol. The fourth-order valence-electron chi connectivity index (χ4n) is 4.84. The van der Waals surface area contributed by atoms with Gasteiger partial charge in [-0.15, -0.1) is 0 Å². The van der Waals surface area contributed by atoms with Crippen LogP contribution in [0.3, 0.4) is 0 Å². The van der Waals surface area contributed by atoms with Crippen LogP contribution in [0.4, 0.5) is 5.69 Å². The van der Waals surface area contributed by atoms with Crippen LogP contribution in [0, 0.1) is 10.1 Å². The van der Waals surface area contributed by atoms with E-state index in [1.54, 1.807) is 30.6 Å². The first-order chi connectivity index (χ1) is 18.2. The first kappa shape index (κ1) is 21.0. The highest BCUT2D eigenvalue weighted by molar-refractivity contribution is 6.08. The molecule has 7 nitrogen and oxygen atoms in total. The summed E-state index contributed by atoms with van der Waals surface area (Å²) in [5.41, 5.74) is 6.38. The number of nitro benzene ring substituents is 1. The van der Waals surface area contributed by atoms with Crippen molar-refractivity contribution < 1.29 is 4.92 Å². The summed E-state index contributed by atoms with van der Waals surface area (Å²) in [4.78, 5) is 30.1. The molecule has 174 valence electrons. The van der Waals surface area contributed by atoms with Gasteiger partial charge in [-0.05, 0) is 36.4 Å². The molecule has 0 aliphatic heterocycles. The molecule has 0 N–H and O–H groups in total. The second-order valence-electron chi connectivity index (χ2n) is 8.81. The summed E-state index contributed by atoms with van der Waals surface area (Å²) in [6, 6.07) is 28.9. The van der Waals surface area contributed by atoms with Gasteiger partial charge in [0.15, 0.2) is 0 Å². The quantitative estimate of drug-likeness (QED) is 0.152. The third-order valence-corrected chi connectivity index (χ3v) is 6.61. The Labute approximate surface area is 210 Å². The fourth-order valence-corrected chi connectivity index (χ4v) is 4.84. The molecule has 0 saturated carbocycles. The third-order valence-electron chi connectivity index (χ3n) is 6.61. The Bertz CT molecular complexity index is 2040. The van der Waals surface area contributed by atoms with E-state index in [9.17, 15) is 10.1 Å². The number of rotatable bonds is 3. The van der Waals surface area contributed by atoms with Crippen molar-refractivity contribution in [3.8, 4) is 22.5 Å². The van der Waals surface area contributed by atoms with Crippen LogP contribution >= 0.6 is 0 Å². The number of nitrogens with zero attached hydrogens (tertiary/aromatic N) is 5. The fraction of sp³-hybridized carbons (Fsp3) is 0. The number of aromatic nitrogens is 4. The SMILES string of the molecule is O=[N+]([O-])c1cc2ccc(-c3cccc(-c4ccc5ccc6cccnc6c5n4)c3)nc2c2ncccc12. The maximum absolute atomic E-state index is 11.6. The Morgan fingerprint density at radius 1 is 0.568 bits per heavy atom. The zero-order valence-corrected chi connectivity index (χ0v) is 19.4. The van der Waals surface area contributed by atoms with E-state index in [2.05, 4.69) is 34.2 Å². The minimum atomic E-state index is -0.379. The largest absolute Gasteiger partial charge is 0.279 e. The Morgan fingerprint density at radius 3 is 1.89 bits per heavy atom. The van der Waals surface area contributed by atoms with Crippen molar-refractivity contribution in [3.05, 3.63) is 114 Å². The number of pyridine rings is 4. The van der Waals surface area contributed by atoms with Gasteiger partial charge in [-0.2, -0.15) is 0 Å². The molecule has 7 aromatic rings. The lowest BCUT2D eigenvalue weighted by atomic mass is 10.0. The molecular formula is C30H17N5O2. The summed E-state index contributed by atoms with van der Waals surface area (Å²) in [5.74, 6) is 0. The Balaban J connectivity index is 1.38. The van der Waals surface area contributed by atoms with Gasteiger partial charge in [0.25, 0.3) is 5.69 Å². The normalized spacial score (nSPS) is 11.5. The summed E-state index contributed by atoms with van der Waals surface area (Å²) >= 11 is 0. The van der Waals surface area contributed by atoms with Crippen LogP contribution in [0.1, 0.15) is 0 Å². The molecule has 0 aliphatic carbocycles. The molecule has 4 aromatic heterocycles. The van der Waals surface area contributed by atoms with Gasteiger partial charge in [-0.1, -0.05) is 48.5 Å². The van der Waals surface area contributed by atoms with Crippen LogP contribution < -0.4 is 0 Å². The molecule has 0 bridgehead atoms. The van der Waals surface area contributed by atoms with Crippen molar-refractivity contribution in [1.29, 1.82) is 0 Å². The van der Waals surface area contributed by atoms with Gasteiger partial charge in [0.2, 0.25) is 0 Å². The average Bonchev–Trinajstić information content (AvgIpc) is 2.96. The minimum absolute atomic E-state index is 0.0246. The Morgan fingerprint density at radius 2 is 1.16 bits per heavy atom. The van der Waals surface area contributed by atoms with Crippen molar-refractivity contribution >= 4 is 49.3 Å². The molecule has 0 saturated heterocycles. The molecule has 7 heteroatoms. The van der Waals surface area contributed by atoms with Crippen LogP contribution in [0.2, 0.25) is 0 Å². The van der Waals surface area contributed by atoms with Gasteiger partial charge in [0.05, 0.1) is 38.2 Å². The van der Waals surface area contributed by atoms with Crippen LogP contribution in [0.15, 0.2) is 103 Å². The number of non-ortho nitro benzene ring substituents is 1. The minimum Gasteiger partial charge on any atom is -0.258 e. The van der Waals surface area contributed by atoms with Gasteiger partial charge in [0.1, 0.15) is 5.52 Å². The summed E-state index contributed by atoms with van der Waals surface area (Å²) in [5, 5.41) is 14.9. The second kappa shape index (κ2) is 8.13. The molecular weight excluding hydrogens is 462 g/mol. The topological polar surface area (TPSA) is 94.7 Å². The lowest BCUT2D eigenvalue weighted by Crippen LogP contribution is -1.94. The summed E-state index contributed by atoms with van der Waals surface area (Å²) < 4.78 is 0. The highest BCUT2D eigenvalue weighted by atomic mass is 16.6. The molecule has 0 atom stereocenters. The summed E-state index contributed by atoms with van der Waals surface area (Å²) in [6.45, 7) is 0. The second-order valence-corrected chi connectivity index (χ2v) is 8.81. The molecule has 0 unspecified atom stereocenters. The van der Waals surface area contributed by atoms with Crippen LogP contribution in [-0.4, -0.2) is 24.9 Å². The van der Waals surface area contributed by atoms with Crippen LogP contribution in [0.5, 0.6) is 0 Å². The number of fused-ring (bicyclic) bond motifs is 6. The first-order valence-electron chi connectivity index (χ1n) is 11.7. The Hall–Kier alpha value is -5.30. The molecule has 3 aromatic carbocycles. The van der Waals surface area contributed by atoms with E-state index in [-0.39, 0.29) is 10.6 Å². The lowest BCUT2D eigenvalue weighted by molar-refractivity contribution is -0.382. The van der Waals surface area contributed by atoms with E-state index in [4.69, 9.17) is 9.97 Å². The van der Waals surface area contributed by atoms with E-state index in [1.807, 2.05) is 48.5 Å². The van der Waals surface area contributed by atoms with Crippen LogP contribution in [-0.2, 0) is 0 Å². The zero-order valence-electron chi connectivity index (χ0n) is 19.4. The van der Waals surface area contributed by atoms with Gasteiger partial charge < -0.3 is 0 Å². The number of benzene rings is 3. The molecule has 0 aliphatic rings. The van der Waals surface area contributed by atoms with E-state index < -0.39 is 0 Å². The molecule has 0 spiro atoms. The molecule has 0 fully saturated rings. The maximum Gasteiger partial charge on any atom is 0.279 e. The Kier molecular flexibility index (Phi) is 4.62. The van der Waals surface area contributed by atoms with Crippen molar-refractivity contribution in [2.24, 2.45) is 0 Å². The molecule has 37 heavy (non-hydrogen) atoms. The van der Waals surface area contributed by atoms with Crippen molar-refractivity contribution in [2.45, 2.75) is 0 Å². The first-order valence-corrected chi connectivity index (χ1v) is 11.7. The van der Waals surface area contributed by atoms with E-state index >= 15 is 0 Å². The third kappa shape index (κ3) is 3.44. The summed E-state index contributed by atoms with van der Waals surface area (Å²) in [6.07, 6.45) is 3.42. The van der Waals surface area contributed by atoms with E-state index in [0.717, 1.165) is 44.3 Å². The van der Waals surface area contributed by atoms with Gasteiger partial charge in [0, 0.05) is 45.7 Å². The molecule has 4 heterocycles. The predicted molar refractivity (Wildman–Crippen MR) is 145 cm³/mol. The van der Waals surface area contributed by atoms with E-state index in [0.29, 0.717) is 21.8 Å². The number of nitro groups is 1. The standard InChI is InChI=1S/C30H17N5O2/c36-35(37)26-17-22-11-13-25(34-29(22)30-23(26)7-3-15-32-30)21-5-1-4-20(16-21)24-12-10-19-9-8-18-6-2-14-31-27(18)28(19)33-24/h1-17H. The van der Waals surface area contributed by atoms with Crippen molar-refractivity contribution in [1.82, 2.24) is 19.9 Å². The molecule has 0 radical (unpaired) electrons. The molecule has 0 amide bonds. The monoisotopic (exact) mass is 479 g/mol. The van der Waals surface area contributed by atoms with Crippen molar-refractivity contribution in [3.63, 3.8) is 0 Å². The predicted octanol–water partition coefficient (Wildman–Crippen LogP) is 7.12. The summed E-state index contributed by atoms with van der Waals surface area (Å²) in [7, 11) is 0. The lowest BCUT2D eigenvalue weighted by Gasteiger charge is -2.09. The van der Waals surface area contributed by atoms with Gasteiger partial charge in [-0.3, -0.25) is 20.1 Å². The smallest absolute Gasteiger partial charge is 0.258 e. The number of hydrogen-bond donors (Lipinski definition) is 0. The zero-order chi connectivity index (χ0) is 24.9. The van der Waals surface area contributed by atoms with E-state index in [1.165, 1.54) is 0 Å². The highest BCUT2D eigenvalue weighted by Gasteiger charge is 2.17. The molecule has 7 rings (SSSR count). The van der Waals surface area contributed by atoms with Crippen LogP contribution in [0.25, 0.3) is 66.1 Å². The van der Waals surface area contributed by atoms with Gasteiger partial charge in [-0.25, -0.2) is 9.97 Å². The number of hydrogen-bond acceptors (Lipinski definition) is 6. The van der Waals surface area contributed by atoms with Gasteiger partial charge >= 0.3 is 0 Å².